The van der Waals surface area contributed by atoms with Crippen LogP contribution in [0.1, 0.15) is 29.7 Å². The van der Waals surface area contributed by atoms with Gasteiger partial charge in [-0.05, 0) is 55.9 Å². The van der Waals surface area contributed by atoms with Crippen molar-refractivity contribution in [2.75, 3.05) is 25.6 Å². The molecule has 3 rings (SSSR count). The third kappa shape index (κ3) is 3.10. The Morgan fingerprint density at radius 1 is 1.29 bits per heavy atom. The van der Waals surface area contributed by atoms with E-state index in [1.165, 1.54) is 36.1 Å². The molecule has 0 radical (unpaired) electrons. The predicted octanol–water partition coefficient (Wildman–Crippen LogP) is 3.12. The third-order valence-electron chi connectivity index (χ3n) is 3.99. The molecule has 1 aliphatic carbocycles. The summed E-state index contributed by atoms with van der Waals surface area (Å²) in [6.45, 7) is 3.67. The van der Waals surface area contributed by atoms with Crippen LogP contribution in [0, 0.1) is 6.92 Å². The molecule has 2 aromatic rings. The molecule has 0 fully saturated rings. The fourth-order valence-corrected chi connectivity index (χ4v) is 2.94. The van der Waals surface area contributed by atoms with Gasteiger partial charge in [-0.3, -0.25) is 4.57 Å². The number of aryl methyl sites for hydroxylation is 3. The zero-order valence-corrected chi connectivity index (χ0v) is 12.9. The minimum atomic E-state index is 0.769. The van der Waals surface area contributed by atoms with Gasteiger partial charge in [0.1, 0.15) is 0 Å². The van der Waals surface area contributed by atoms with Crippen molar-refractivity contribution in [3.8, 4) is 5.69 Å². The molecule has 0 saturated carbocycles. The largest absolute Gasteiger partial charge is 0.385 e. The van der Waals surface area contributed by atoms with E-state index >= 15 is 0 Å². The molecule has 21 heavy (non-hydrogen) atoms. The highest BCUT2D eigenvalue weighted by Crippen LogP contribution is 2.26. The molecule has 0 amide bonds. The van der Waals surface area contributed by atoms with Crippen molar-refractivity contribution in [2.24, 2.45) is 0 Å². The van der Waals surface area contributed by atoms with Crippen LogP contribution in [0.2, 0.25) is 0 Å². The fourth-order valence-electron chi connectivity index (χ4n) is 2.94. The average molecular weight is 285 g/mol. The SMILES string of the molecule is COCCCNc1nc(C)cn1-c1ccc2c(c1)CCC2. The van der Waals surface area contributed by atoms with Crippen molar-refractivity contribution in [1.29, 1.82) is 0 Å². The lowest BCUT2D eigenvalue weighted by molar-refractivity contribution is 0.197. The monoisotopic (exact) mass is 285 g/mol. The lowest BCUT2D eigenvalue weighted by Gasteiger charge is -2.11. The van der Waals surface area contributed by atoms with E-state index in [0.717, 1.165) is 31.2 Å². The molecule has 0 aliphatic heterocycles. The number of aromatic nitrogens is 2. The molecule has 0 unspecified atom stereocenters. The van der Waals surface area contributed by atoms with Gasteiger partial charge in [-0.2, -0.15) is 0 Å². The Labute approximate surface area is 126 Å². The number of imidazole rings is 1. The van der Waals surface area contributed by atoms with Gasteiger partial charge in [0.05, 0.1) is 5.69 Å². The van der Waals surface area contributed by atoms with Crippen LogP contribution in [-0.4, -0.2) is 29.8 Å². The maximum atomic E-state index is 5.08. The van der Waals surface area contributed by atoms with Crippen LogP contribution in [0.5, 0.6) is 0 Å². The highest BCUT2D eigenvalue weighted by molar-refractivity contribution is 5.48. The Balaban J connectivity index is 1.81. The van der Waals surface area contributed by atoms with Gasteiger partial charge in [0.2, 0.25) is 5.95 Å². The number of anilines is 1. The van der Waals surface area contributed by atoms with E-state index in [9.17, 15) is 0 Å². The molecule has 1 heterocycles. The zero-order valence-electron chi connectivity index (χ0n) is 12.9. The van der Waals surface area contributed by atoms with Gasteiger partial charge in [-0.1, -0.05) is 6.07 Å². The molecule has 112 valence electrons. The normalized spacial score (nSPS) is 13.4. The van der Waals surface area contributed by atoms with Crippen LogP contribution >= 0.6 is 0 Å². The van der Waals surface area contributed by atoms with Gasteiger partial charge in [-0.15, -0.1) is 0 Å². The smallest absolute Gasteiger partial charge is 0.207 e. The van der Waals surface area contributed by atoms with E-state index in [2.05, 4.69) is 39.3 Å². The van der Waals surface area contributed by atoms with Crippen LogP contribution < -0.4 is 5.32 Å². The summed E-state index contributed by atoms with van der Waals surface area (Å²) in [5, 5.41) is 3.41. The van der Waals surface area contributed by atoms with Crippen LogP contribution in [0.15, 0.2) is 24.4 Å². The van der Waals surface area contributed by atoms with E-state index in [4.69, 9.17) is 4.74 Å². The van der Waals surface area contributed by atoms with Crippen LogP contribution in [0.3, 0.4) is 0 Å². The number of nitrogens with one attached hydrogen (secondary N) is 1. The van der Waals surface area contributed by atoms with Crippen molar-refractivity contribution < 1.29 is 4.74 Å². The van der Waals surface area contributed by atoms with Crippen molar-refractivity contribution in [1.82, 2.24) is 9.55 Å². The second-order valence-electron chi connectivity index (χ2n) is 5.66. The van der Waals surface area contributed by atoms with E-state index in [-0.39, 0.29) is 0 Å². The highest BCUT2D eigenvalue weighted by atomic mass is 16.5. The summed E-state index contributed by atoms with van der Waals surface area (Å²) in [6.07, 6.45) is 6.78. The zero-order chi connectivity index (χ0) is 14.7. The topological polar surface area (TPSA) is 39.1 Å². The highest BCUT2D eigenvalue weighted by Gasteiger charge is 2.13. The summed E-state index contributed by atoms with van der Waals surface area (Å²) in [4.78, 5) is 4.59. The summed E-state index contributed by atoms with van der Waals surface area (Å²) in [5.74, 6) is 0.918. The Hall–Kier alpha value is -1.81. The first-order valence-electron chi connectivity index (χ1n) is 7.69. The maximum absolute atomic E-state index is 5.08. The fraction of sp³-hybridized carbons (Fsp3) is 0.471. The molecular formula is C17H23N3O. The van der Waals surface area contributed by atoms with Gasteiger partial charge in [-0.25, -0.2) is 4.98 Å². The minimum Gasteiger partial charge on any atom is -0.385 e. The predicted molar refractivity (Wildman–Crippen MR) is 85.3 cm³/mol. The average Bonchev–Trinajstić information content (AvgIpc) is 3.09. The Bertz CT molecular complexity index is 618. The summed E-state index contributed by atoms with van der Waals surface area (Å²) >= 11 is 0. The van der Waals surface area contributed by atoms with Crippen LogP contribution in [-0.2, 0) is 17.6 Å². The van der Waals surface area contributed by atoms with Crippen LogP contribution in [0.4, 0.5) is 5.95 Å². The number of fused-ring (bicyclic) bond motifs is 1. The van der Waals surface area contributed by atoms with Crippen LogP contribution in [0.25, 0.3) is 5.69 Å². The lowest BCUT2D eigenvalue weighted by Crippen LogP contribution is -2.09. The first-order chi connectivity index (χ1) is 10.3. The molecule has 4 nitrogen and oxygen atoms in total. The molecule has 1 aromatic carbocycles. The number of hydrogen-bond donors (Lipinski definition) is 1. The molecule has 1 N–H and O–H groups in total. The number of ether oxygens (including phenoxy) is 1. The molecule has 1 aromatic heterocycles. The molecular weight excluding hydrogens is 262 g/mol. The van der Waals surface area contributed by atoms with Gasteiger partial charge < -0.3 is 10.1 Å². The Kier molecular flexibility index (Phi) is 4.25. The van der Waals surface area contributed by atoms with Crippen molar-refractivity contribution in [2.45, 2.75) is 32.6 Å². The van der Waals surface area contributed by atoms with Gasteiger partial charge in [0.25, 0.3) is 0 Å². The Morgan fingerprint density at radius 3 is 3.00 bits per heavy atom. The number of nitrogens with zero attached hydrogens (tertiary/aromatic N) is 2. The number of hydrogen-bond acceptors (Lipinski definition) is 3. The summed E-state index contributed by atoms with van der Waals surface area (Å²) in [6, 6.07) is 6.77. The summed E-state index contributed by atoms with van der Waals surface area (Å²) < 4.78 is 7.24. The number of benzene rings is 1. The molecule has 0 saturated heterocycles. The van der Waals surface area contributed by atoms with E-state index in [1.54, 1.807) is 7.11 Å². The van der Waals surface area contributed by atoms with Gasteiger partial charge >= 0.3 is 0 Å². The van der Waals surface area contributed by atoms with Crippen molar-refractivity contribution in [3.05, 3.63) is 41.2 Å². The summed E-state index contributed by atoms with van der Waals surface area (Å²) in [7, 11) is 1.73. The van der Waals surface area contributed by atoms with Gasteiger partial charge in [0.15, 0.2) is 0 Å². The molecule has 1 aliphatic rings. The third-order valence-corrected chi connectivity index (χ3v) is 3.99. The van der Waals surface area contributed by atoms with E-state index in [1.807, 2.05) is 6.92 Å². The van der Waals surface area contributed by atoms with E-state index in [0.29, 0.717) is 0 Å². The van der Waals surface area contributed by atoms with E-state index < -0.39 is 0 Å². The molecule has 0 atom stereocenters. The number of methoxy groups -OCH3 is 1. The first kappa shape index (κ1) is 14.1. The second kappa shape index (κ2) is 6.31. The molecule has 0 spiro atoms. The maximum Gasteiger partial charge on any atom is 0.207 e. The second-order valence-corrected chi connectivity index (χ2v) is 5.66. The Morgan fingerprint density at radius 2 is 2.14 bits per heavy atom. The minimum absolute atomic E-state index is 0.769. The van der Waals surface area contributed by atoms with Crippen molar-refractivity contribution in [3.63, 3.8) is 0 Å². The lowest BCUT2D eigenvalue weighted by atomic mass is 10.1. The van der Waals surface area contributed by atoms with Gasteiger partial charge in [0, 0.05) is 32.1 Å². The first-order valence-corrected chi connectivity index (χ1v) is 7.69. The van der Waals surface area contributed by atoms with Crippen molar-refractivity contribution >= 4 is 5.95 Å². The molecule has 0 bridgehead atoms. The molecule has 4 heteroatoms. The number of rotatable bonds is 6. The quantitative estimate of drug-likeness (QED) is 0.829. The standard InChI is InChI=1S/C17H23N3O/c1-13-12-20(17(19-13)18-9-4-10-21-2)16-8-7-14-5-3-6-15(14)11-16/h7-8,11-12H,3-6,9-10H2,1-2H3,(H,18,19). The summed E-state index contributed by atoms with van der Waals surface area (Å²) in [5.41, 5.74) is 5.23.